The first-order chi connectivity index (χ1) is 43.3. The molecule has 3 heterocycles. The molecule has 526 valence electrons. The molecule has 3 aliphatic heterocycles. The molecule has 17 atom stereocenters. The summed E-state index contributed by atoms with van der Waals surface area (Å²) < 4.78 is 34.4. The monoisotopic (exact) mass is 1280 g/mol. The Kier molecular flexibility index (Phi) is 48.5. The lowest BCUT2D eigenvalue weighted by atomic mass is 9.96. The third-order valence-electron chi connectivity index (χ3n) is 18.6. The van der Waals surface area contributed by atoms with Gasteiger partial charge in [-0.05, 0) is 38.5 Å². The van der Waals surface area contributed by atoms with E-state index < -0.39 is 124 Å². The van der Waals surface area contributed by atoms with Gasteiger partial charge in [0.2, 0.25) is 5.91 Å². The van der Waals surface area contributed by atoms with Crippen molar-refractivity contribution in [2.45, 2.75) is 401 Å². The van der Waals surface area contributed by atoms with Gasteiger partial charge >= 0.3 is 0 Å². The SMILES string of the molecule is CCCCCCCCCC/C=C\CCCCCCCCCCCCCCCCCCCCCCCC(=O)NC(COC1OC(CO)C(OC2OC(CO)C(OC3OC(CO)C(O)C(O)C3O)C(O)C2O)C(O)C1O)C(O)CCCCCCCCCCCCC. The number of carbonyl (C=O) groups excluding carboxylic acids is 1. The number of carbonyl (C=O) groups is 1. The first kappa shape index (κ1) is 81.8. The molecular formula is C70H133NO18. The van der Waals surface area contributed by atoms with E-state index in [-0.39, 0.29) is 18.9 Å². The molecule has 3 rings (SSSR count). The molecule has 3 aliphatic rings. The number of amides is 1. The Morgan fingerprint density at radius 3 is 1.09 bits per heavy atom. The van der Waals surface area contributed by atoms with Crippen molar-refractivity contribution in [3.05, 3.63) is 12.2 Å². The molecule has 12 N–H and O–H groups in total. The van der Waals surface area contributed by atoms with Crippen molar-refractivity contribution in [3.8, 4) is 0 Å². The number of aliphatic hydroxyl groups is 11. The number of hydrogen-bond acceptors (Lipinski definition) is 18. The molecule has 0 aromatic rings. The van der Waals surface area contributed by atoms with Crippen LogP contribution in [0, 0.1) is 0 Å². The molecule has 19 heteroatoms. The third kappa shape index (κ3) is 34.7. The number of aliphatic hydroxyl groups excluding tert-OH is 11. The fourth-order valence-corrected chi connectivity index (χ4v) is 12.7. The van der Waals surface area contributed by atoms with Gasteiger partial charge in [0.25, 0.3) is 0 Å². The molecule has 0 spiro atoms. The zero-order chi connectivity index (χ0) is 64.7. The molecule has 0 aromatic carbocycles. The number of hydrogen-bond donors (Lipinski definition) is 12. The summed E-state index contributed by atoms with van der Waals surface area (Å²) in [5, 5.41) is 120. The standard InChI is InChI=1S/C70H133NO18/c1-3-5-7-9-11-13-15-16-17-18-19-20-21-22-23-24-25-26-27-28-29-30-31-32-33-34-35-36-38-40-42-44-46-48-58(76)71-53(54(75)47-45-43-41-39-37-14-12-10-8-6-4-2)52-84-68-64(82)61(79)66(56(50-73)86-68)89-70-65(83)62(80)67(57(51-74)87-70)88-69-63(81)60(78)59(77)55(49-72)85-69/h18-19,53-57,59-70,72-75,77-83H,3-17,20-52H2,1-2H3,(H,71,76)/b19-18-. The Hall–Kier alpha value is -1.47. The zero-order valence-corrected chi connectivity index (χ0v) is 55.7. The van der Waals surface area contributed by atoms with Gasteiger partial charge in [-0.2, -0.15) is 0 Å². The molecule has 0 bridgehead atoms. The fourth-order valence-electron chi connectivity index (χ4n) is 12.7. The number of nitrogens with one attached hydrogen (secondary N) is 1. The van der Waals surface area contributed by atoms with Crippen LogP contribution in [0.3, 0.4) is 0 Å². The average molecular weight is 1280 g/mol. The van der Waals surface area contributed by atoms with E-state index in [1.807, 2.05) is 0 Å². The van der Waals surface area contributed by atoms with Crippen molar-refractivity contribution in [1.29, 1.82) is 0 Å². The maximum absolute atomic E-state index is 13.4. The summed E-state index contributed by atoms with van der Waals surface area (Å²) >= 11 is 0. The van der Waals surface area contributed by atoms with Crippen LogP contribution in [-0.2, 0) is 33.2 Å². The largest absolute Gasteiger partial charge is 0.394 e. The summed E-state index contributed by atoms with van der Waals surface area (Å²) in [5.74, 6) is -0.238. The van der Waals surface area contributed by atoms with Crippen molar-refractivity contribution < 1.29 is 89.4 Å². The van der Waals surface area contributed by atoms with Crippen molar-refractivity contribution in [2.24, 2.45) is 0 Å². The second kappa shape index (κ2) is 52.8. The highest BCUT2D eigenvalue weighted by Crippen LogP contribution is 2.33. The summed E-state index contributed by atoms with van der Waals surface area (Å²) in [6.45, 7) is 1.81. The van der Waals surface area contributed by atoms with Gasteiger partial charge in [0.15, 0.2) is 18.9 Å². The first-order valence-electron chi connectivity index (χ1n) is 36.4. The van der Waals surface area contributed by atoms with Gasteiger partial charge in [0.05, 0.1) is 38.6 Å². The van der Waals surface area contributed by atoms with E-state index in [0.717, 1.165) is 44.9 Å². The summed E-state index contributed by atoms with van der Waals surface area (Å²) in [6, 6.07) is -0.882. The quantitative estimate of drug-likeness (QED) is 0.0199. The topological polar surface area (TPSA) is 307 Å². The Bertz CT molecular complexity index is 1670. The molecule has 19 nitrogen and oxygen atoms in total. The first-order valence-corrected chi connectivity index (χ1v) is 36.4. The molecule has 0 aliphatic carbocycles. The van der Waals surface area contributed by atoms with Gasteiger partial charge in [0, 0.05) is 6.42 Å². The van der Waals surface area contributed by atoms with Crippen LogP contribution in [-0.4, -0.2) is 193 Å². The highest BCUT2D eigenvalue weighted by molar-refractivity contribution is 5.76. The average Bonchev–Trinajstić information content (AvgIpc) is 1.33. The maximum Gasteiger partial charge on any atom is 0.220 e. The van der Waals surface area contributed by atoms with Crippen LogP contribution in [0.1, 0.15) is 296 Å². The maximum atomic E-state index is 13.4. The van der Waals surface area contributed by atoms with Crippen molar-refractivity contribution in [1.82, 2.24) is 5.32 Å². The molecule has 3 fully saturated rings. The Balaban J connectivity index is 1.32. The van der Waals surface area contributed by atoms with E-state index in [1.165, 1.54) is 218 Å². The smallest absolute Gasteiger partial charge is 0.220 e. The van der Waals surface area contributed by atoms with E-state index in [9.17, 15) is 61.0 Å². The molecule has 1 amide bonds. The molecule has 89 heavy (non-hydrogen) atoms. The second-order valence-corrected chi connectivity index (χ2v) is 26.4. The highest BCUT2D eigenvalue weighted by Gasteiger charge is 2.53. The fraction of sp³-hybridized carbons (Fsp3) is 0.957. The summed E-state index contributed by atoms with van der Waals surface area (Å²) in [7, 11) is 0. The Morgan fingerprint density at radius 2 is 0.708 bits per heavy atom. The van der Waals surface area contributed by atoms with E-state index in [2.05, 4.69) is 31.3 Å². The predicted octanol–water partition coefficient (Wildman–Crippen LogP) is 10.1. The molecule has 0 aromatic heterocycles. The summed E-state index contributed by atoms with van der Waals surface area (Å²) in [4.78, 5) is 13.4. The summed E-state index contributed by atoms with van der Waals surface area (Å²) in [5.41, 5.74) is 0. The lowest BCUT2D eigenvalue weighted by Crippen LogP contribution is -2.66. The van der Waals surface area contributed by atoms with Crippen LogP contribution in [0.5, 0.6) is 0 Å². The Labute approximate surface area is 537 Å². The van der Waals surface area contributed by atoms with E-state index in [1.54, 1.807) is 0 Å². The molecule has 0 saturated carbocycles. The van der Waals surface area contributed by atoms with Crippen LogP contribution < -0.4 is 5.32 Å². The summed E-state index contributed by atoms with van der Waals surface area (Å²) in [6.07, 6.45) is 31.9. The highest BCUT2D eigenvalue weighted by atomic mass is 16.8. The van der Waals surface area contributed by atoms with Crippen molar-refractivity contribution >= 4 is 5.91 Å². The third-order valence-corrected chi connectivity index (χ3v) is 18.6. The van der Waals surface area contributed by atoms with Gasteiger partial charge in [-0.3, -0.25) is 4.79 Å². The second-order valence-electron chi connectivity index (χ2n) is 26.4. The van der Waals surface area contributed by atoms with Gasteiger partial charge in [-0.15, -0.1) is 0 Å². The van der Waals surface area contributed by atoms with Gasteiger partial charge in [-0.1, -0.05) is 264 Å². The van der Waals surface area contributed by atoms with Crippen LogP contribution in [0.4, 0.5) is 0 Å². The van der Waals surface area contributed by atoms with Gasteiger partial charge in [0.1, 0.15) is 73.2 Å². The molecule has 0 radical (unpaired) electrons. The number of allylic oxidation sites excluding steroid dienone is 2. The van der Waals surface area contributed by atoms with E-state index in [0.29, 0.717) is 12.8 Å². The number of ether oxygens (including phenoxy) is 6. The van der Waals surface area contributed by atoms with Crippen LogP contribution in [0.25, 0.3) is 0 Å². The normalized spacial score (nSPS) is 28.2. The van der Waals surface area contributed by atoms with Crippen molar-refractivity contribution in [2.75, 3.05) is 26.4 Å². The van der Waals surface area contributed by atoms with Crippen LogP contribution in [0.2, 0.25) is 0 Å². The minimum absolute atomic E-state index is 0.238. The van der Waals surface area contributed by atoms with Crippen molar-refractivity contribution in [3.63, 3.8) is 0 Å². The van der Waals surface area contributed by atoms with E-state index in [4.69, 9.17) is 28.4 Å². The lowest BCUT2D eigenvalue weighted by molar-refractivity contribution is -0.379. The van der Waals surface area contributed by atoms with Gasteiger partial charge in [-0.25, -0.2) is 0 Å². The van der Waals surface area contributed by atoms with E-state index >= 15 is 0 Å². The minimum Gasteiger partial charge on any atom is -0.394 e. The van der Waals surface area contributed by atoms with Gasteiger partial charge < -0.3 is 89.9 Å². The molecule has 3 saturated heterocycles. The molecular weight excluding hydrogens is 1140 g/mol. The predicted molar refractivity (Wildman–Crippen MR) is 347 cm³/mol. The number of rotatable bonds is 57. The lowest BCUT2D eigenvalue weighted by Gasteiger charge is -2.48. The Morgan fingerprint density at radius 1 is 0.393 bits per heavy atom. The molecule has 17 unspecified atom stereocenters. The van der Waals surface area contributed by atoms with Crippen LogP contribution in [0.15, 0.2) is 12.2 Å². The minimum atomic E-state index is -1.97. The van der Waals surface area contributed by atoms with Crippen LogP contribution >= 0.6 is 0 Å². The zero-order valence-electron chi connectivity index (χ0n) is 55.7. The number of unbranched alkanes of at least 4 members (excludes halogenated alkanes) is 39.